The van der Waals surface area contributed by atoms with E-state index in [4.69, 9.17) is 23.2 Å². The van der Waals surface area contributed by atoms with Gasteiger partial charge in [-0.2, -0.15) is 0 Å². The highest BCUT2D eigenvalue weighted by atomic mass is 35.5. The van der Waals surface area contributed by atoms with E-state index in [9.17, 15) is 4.79 Å². The number of halogens is 2. The number of carbonyl (C=O) groups is 1. The van der Waals surface area contributed by atoms with E-state index in [1.54, 1.807) is 6.07 Å². The van der Waals surface area contributed by atoms with Gasteiger partial charge >= 0.3 is 0 Å². The van der Waals surface area contributed by atoms with Crippen molar-refractivity contribution in [2.75, 3.05) is 33.2 Å². The van der Waals surface area contributed by atoms with E-state index >= 15 is 0 Å². The summed E-state index contributed by atoms with van der Waals surface area (Å²) in [5.41, 5.74) is 1.06. The zero-order chi connectivity index (χ0) is 14.3. The highest BCUT2D eigenvalue weighted by Gasteiger charge is 2.07. The Kier molecular flexibility index (Phi) is 7.39. The van der Waals surface area contributed by atoms with E-state index in [1.807, 2.05) is 19.2 Å². The monoisotopic (exact) mass is 302 g/mol. The van der Waals surface area contributed by atoms with Crippen molar-refractivity contribution < 1.29 is 4.79 Å². The zero-order valence-electron chi connectivity index (χ0n) is 11.4. The third-order valence-electron chi connectivity index (χ3n) is 3.03. The molecule has 0 aromatic heterocycles. The second kappa shape index (κ2) is 8.54. The van der Waals surface area contributed by atoms with Crippen LogP contribution in [0.2, 0.25) is 10.0 Å². The summed E-state index contributed by atoms with van der Waals surface area (Å²) < 4.78 is 0. The minimum Gasteiger partial charge on any atom is -0.302 e. The summed E-state index contributed by atoms with van der Waals surface area (Å²) in [5.74, 6) is 0. The fourth-order valence-corrected chi connectivity index (χ4v) is 2.28. The smallest absolute Gasteiger partial charge is 0.133 e. The van der Waals surface area contributed by atoms with Crippen molar-refractivity contribution in [3.63, 3.8) is 0 Å². The first-order valence-corrected chi connectivity index (χ1v) is 7.10. The molecule has 0 spiro atoms. The Labute approximate surface area is 125 Å². The van der Waals surface area contributed by atoms with Crippen molar-refractivity contribution in [2.24, 2.45) is 0 Å². The van der Waals surface area contributed by atoms with Gasteiger partial charge in [0.15, 0.2) is 0 Å². The SMILES string of the molecule is CCN(CC=O)CCN(C)Cc1ccc(Cl)cc1Cl. The molecule has 0 atom stereocenters. The predicted octanol–water partition coefficient (Wildman–Crippen LogP) is 2.95. The first-order valence-electron chi connectivity index (χ1n) is 6.35. The molecular formula is C14H20Cl2N2O. The van der Waals surface area contributed by atoms with E-state index in [1.165, 1.54) is 0 Å². The molecule has 5 heteroatoms. The zero-order valence-corrected chi connectivity index (χ0v) is 12.9. The number of hydrogen-bond acceptors (Lipinski definition) is 3. The summed E-state index contributed by atoms with van der Waals surface area (Å²) in [5, 5.41) is 1.35. The minimum absolute atomic E-state index is 0.492. The van der Waals surface area contributed by atoms with E-state index < -0.39 is 0 Å². The maximum atomic E-state index is 10.5. The van der Waals surface area contributed by atoms with Gasteiger partial charge in [0.05, 0.1) is 6.54 Å². The van der Waals surface area contributed by atoms with Crippen LogP contribution in [0.3, 0.4) is 0 Å². The topological polar surface area (TPSA) is 23.6 Å². The summed E-state index contributed by atoms with van der Waals surface area (Å²) in [6.07, 6.45) is 0.944. The Balaban J connectivity index is 2.46. The highest BCUT2D eigenvalue weighted by molar-refractivity contribution is 6.35. The normalized spacial score (nSPS) is 11.3. The predicted molar refractivity (Wildman–Crippen MR) is 81.0 cm³/mol. The Hall–Kier alpha value is -0.610. The fraction of sp³-hybridized carbons (Fsp3) is 0.500. The Morgan fingerprint density at radius 1 is 1.26 bits per heavy atom. The van der Waals surface area contributed by atoms with Crippen LogP contribution in [0.1, 0.15) is 12.5 Å². The lowest BCUT2D eigenvalue weighted by atomic mass is 10.2. The summed E-state index contributed by atoms with van der Waals surface area (Å²) in [7, 11) is 2.04. The van der Waals surface area contributed by atoms with Crippen LogP contribution < -0.4 is 0 Å². The van der Waals surface area contributed by atoms with Crippen LogP contribution in [0.25, 0.3) is 0 Å². The van der Waals surface area contributed by atoms with Crippen LogP contribution in [0.4, 0.5) is 0 Å². The summed E-state index contributed by atoms with van der Waals surface area (Å²) in [6.45, 7) is 5.96. The Morgan fingerprint density at radius 2 is 2.00 bits per heavy atom. The molecule has 106 valence electrons. The van der Waals surface area contributed by atoms with Gasteiger partial charge in [0.2, 0.25) is 0 Å². The average molecular weight is 303 g/mol. The number of rotatable bonds is 8. The molecule has 0 fully saturated rings. The van der Waals surface area contributed by atoms with Gasteiger partial charge in [-0.3, -0.25) is 4.90 Å². The maximum Gasteiger partial charge on any atom is 0.133 e. The van der Waals surface area contributed by atoms with E-state index in [0.717, 1.165) is 38.0 Å². The lowest BCUT2D eigenvalue weighted by molar-refractivity contribution is -0.108. The van der Waals surface area contributed by atoms with E-state index in [2.05, 4.69) is 16.7 Å². The number of likely N-dealkylation sites (N-methyl/N-ethyl adjacent to an activating group) is 2. The number of hydrogen-bond donors (Lipinski definition) is 0. The number of carbonyl (C=O) groups excluding carboxylic acids is 1. The molecule has 0 N–H and O–H groups in total. The van der Waals surface area contributed by atoms with Gasteiger partial charge in [-0.15, -0.1) is 0 Å². The first kappa shape index (κ1) is 16.4. The molecule has 0 saturated heterocycles. The molecule has 0 heterocycles. The molecule has 3 nitrogen and oxygen atoms in total. The molecular weight excluding hydrogens is 283 g/mol. The molecule has 19 heavy (non-hydrogen) atoms. The Morgan fingerprint density at radius 3 is 2.58 bits per heavy atom. The second-order valence-corrected chi connectivity index (χ2v) is 5.38. The van der Waals surface area contributed by atoms with Crippen LogP contribution >= 0.6 is 23.2 Å². The molecule has 1 rings (SSSR count). The van der Waals surface area contributed by atoms with Crippen LogP contribution in [0.5, 0.6) is 0 Å². The third-order valence-corrected chi connectivity index (χ3v) is 3.62. The van der Waals surface area contributed by atoms with E-state index in [-0.39, 0.29) is 0 Å². The fourth-order valence-electron chi connectivity index (χ4n) is 1.82. The molecule has 1 aromatic carbocycles. The average Bonchev–Trinajstić information content (AvgIpc) is 2.38. The van der Waals surface area contributed by atoms with Crippen molar-refractivity contribution in [2.45, 2.75) is 13.5 Å². The Bertz CT molecular complexity index is 412. The van der Waals surface area contributed by atoms with Crippen molar-refractivity contribution in [3.05, 3.63) is 33.8 Å². The van der Waals surface area contributed by atoms with Crippen molar-refractivity contribution in [1.29, 1.82) is 0 Å². The highest BCUT2D eigenvalue weighted by Crippen LogP contribution is 2.21. The van der Waals surface area contributed by atoms with Gasteiger partial charge in [-0.25, -0.2) is 0 Å². The molecule has 1 aromatic rings. The molecule has 0 aliphatic carbocycles. The molecule has 0 aliphatic rings. The summed E-state index contributed by atoms with van der Waals surface area (Å²) in [6, 6.07) is 5.56. The third kappa shape index (κ3) is 5.91. The van der Waals surface area contributed by atoms with Gasteiger partial charge in [-0.05, 0) is 31.3 Å². The van der Waals surface area contributed by atoms with Gasteiger partial charge in [0.25, 0.3) is 0 Å². The lowest BCUT2D eigenvalue weighted by Gasteiger charge is -2.23. The second-order valence-electron chi connectivity index (χ2n) is 4.53. The molecule has 0 aliphatic heterocycles. The van der Waals surface area contributed by atoms with Crippen LogP contribution in [-0.4, -0.2) is 49.3 Å². The number of aldehydes is 1. The van der Waals surface area contributed by atoms with Gasteiger partial charge < -0.3 is 9.69 Å². The van der Waals surface area contributed by atoms with Gasteiger partial charge in [-0.1, -0.05) is 36.2 Å². The molecule has 0 unspecified atom stereocenters. The van der Waals surface area contributed by atoms with Crippen molar-refractivity contribution in [3.8, 4) is 0 Å². The molecule has 0 saturated carbocycles. The quantitative estimate of drug-likeness (QED) is 0.690. The summed E-state index contributed by atoms with van der Waals surface area (Å²) >= 11 is 12.0. The molecule has 0 amide bonds. The largest absolute Gasteiger partial charge is 0.302 e. The van der Waals surface area contributed by atoms with Crippen molar-refractivity contribution >= 4 is 29.5 Å². The van der Waals surface area contributed by atoms with Crippen LogP contribution in [0.15, 0.2) is 18.2 Å². The van der Waals surface area contributed by atoms with Crippen molar-refractivity contribution in [1.82, 2.24) is 9.80 Å². The minimum atomic E-state index is 0.492. The lowest BCUT2D eigenvalue weighted by Crippen LogP contribution is -2.34. The first-order chi connectivity index (χ1) is 9.06. The molecule has 0 bridgehead atoms. The van der Waals surface area contributed by atoms with Crippen LogP contribution in [0, 0.1) is 0 Å². The van der Waals surface area contributed by atoms with Crippen LogP contribution in [-0.2, 0) is 11.3 Å². The number of nitrogens with zero attached hydrogens (tertiary/aromatic N) is 2. The summed E-state index contributed by atoms with van der Waals surface area (Å²) in [4.78, 5) is 14.8. The number of benzene rings is 1. The standard InChI is InChI=1S/C14H20Cl2N2O/c1-3-18(8-9-19)7-6-17(2)11-12-4-5-13(15)10-14(12)16/h4-5,9-10H,3,6-8,11H2,1-2H3. The maximum absolute atomic E-state index is 10.5. The van der Waals surface area contributed by atoms with Gasteiger partial charge in [0.1, 0.15) is 6.29 Å². The van der Waals surface area contributed by atoms with E-state index in [0.29, 0.717) is 16.6 Å². The van der Waals surface area contributed by atoms with Gasteiger partial charge in [0, 0.05) is 29.7 Å². The molecule has 0 radical (unpaired) electrons.